The molecule has 1 aliphatic rings. The number of carbonyl (C=O) groups excluding carboxylic acids is 1. The predicted octanol–water partition coefficient (Wildman–Crippen LogP) is -0.0825. The number of aromatic nitrogens is 3. The molecule has 0 spiro atoms. The van der Waals surface area contributed by atoms with Crippen molar-refractivity contribution in [2.24, 2.45) is 5.73 Å². The summed E-state index contributed by atoms with van der Waals surface area (Å²) in [6, 6.07) is 0. The van der Waals surface area contributed by atoms with Gasteiger partial charge in [-0.15, -0.1) is 0 Å². The van der Waals surface area contributed by atoms with Gasteiger partial charge in [0.05, 0.1) is 12.0 Å². The van der Waals surface area contributed by atoms with Gasteiger partial charge >= 0.3 is 0 Å². The van der Waals surface area contributed by atoms with Crippen LogP contribution < -0.4 is 5.73 Å². The van der Waals surface area contributed by atoms with Gasteiger partial charge in [-0.3, -0.25) is 4.79 Å². The molecule has 0 amide bonds. The largest absolute Gasteiger partial charge is 0.381 e. The second-order valence-corrected chi connectivity index (χ2v) is 4.36. The van der Waals surface area contributed by atoms with Crippen molar-refractivity contribution in [3.05, 3.63) is 12.2 Å². The van der Waals surface area contributed by atoms with Crippen LogP contribution >= 0.6 is 0 Å². The number of nitrogens with two attached hydrogens (primary N) is 1. The Bertz CT molecular complexity index is 396. The molecule has 0 aliphatic carbocycles. The number of Topliss-reactive ketones (excluding diaryl/α,β-unsaturated/α-hetero) is 1. The topological polar surface area (TPSA) is 83.0 Å². The maximum atomic E-state index is 12.2. The molecule has 6 heteroatoms. The highest BCUT2D eigenvalue weighted by molar-refractivity contribution is 5.89. The molecule has 2 N–H and O–H groups in total. The molecule has 0 unspecified atom stereocenters. The summed E-state index contributed by atoms with van der Waals surface area (Å²) in [4.78, 5) is 16.3. The van der Waals surface area contributed by atoms with Crippen LogP contribution in [0.1, 0.15) is 25.6 Å². The fourth-order valence-corrected chi connectivity index (χ4v) is 2.02. The minimum atomic E-state index is -0.747. The standard InChI is InChI=1S/C11H18N4O2/c1-2-15-10(13-8-14-15)7-9(16)11(12)3-5-17-6-4-11/h8H,2-7,12H2,1H3. The van der Waals surface area contributed by atoms with Crippen molar-refractivity contribution in [3.63, 3.8) is 0 Å². The Balaban J connectivity index is 2.05. The molecule has 6 nitrogen and oxygen atoms in total. The van der Waals surface area contributed by atoms with Crippen LogP contribution in [0.25, 0.3) is 0 Å². The third kappa shape index (κ3) is 2.53. The van der Waals surface area contributed by atoms with Crippen LogP contribution in [-0.4, -0.2) is 39.3 Å². The van der Waals surface area contributed by atoms with Crippen LogP contribution in [0.15, 0.2) is 6.33 Å². The first-order chi connectivity index (χ1) is 8.15. The van der Waals surface area contributed by atoms with Crippen molar-refractivity contribution in [3.8, 4) is 0 Å². The average molecular weight is 238 g/mol. The summed E-state index contributed by atoms with van der Waals surface area (Å²) in [5, 5.41) is 4.04. The van der Waals surface area contributed by atoms with Gasteiger partial charge in [-0.2, -0.15) is 5.10 Å². The van der Waals surface area contributed by atoms with E-state index in [9.17, 15) is 4.79 Å². The second kappa shape index (κ2) is 4.93. The highest BCUT2D eigenvalue weighted by Gasteiger charge is 2.36. The Morgan fingerprint density at radius 2 is 2.29 bits per heavy atom. The molecule has 0 atom stereocenters. The number of hydrogen-bond donors (Lipinski definition) is 1. The van der Waals surface area contributed by atoms with Crippen LogP contribution in [-0.2, 0) is 22.5 Å². The zero-order valence-corrected chi connectivity index (χ0v) is 10.1. The van der Waals surface area contributed by atoms with Crippen molar-refractivity contribution >= 4 is 5.78 Å². The molecule has 17 heavy (non-hydrogen) atoms. The summed E-state index contributed by atoms with van der Waals surface area (Å²) in [6.45, 7) is 3.80. The Labute approximate surface area is 100 Å². The first-order valence-electron chi connectivity index (χ1n) is 5.92. The Hall–Kier alpha value is -1.27. The fourth-order valence-electron chi connectivity index (χ4n) is 2.02. The third-order valence-electron chi connectivity index (χ3n) is 3.25. The van der Waals surface area contributed by atoms with E-state index in [1.54, 1.807) is 4.68 Å². The molecule has 1 aromatic heterocycles. The van der Waals surface area contributed by atoms with E-state index in [1.165, 1.54) is 6.33 Å². The van der Waals surface area contributed by atoms with E-state index in [2.05, 4.69) is 10.1 Å². The summed E-state index contributed by atoms with van der Waals surface area (Å²) in [6.07, 6.45) is 2.90. The number of aryl methyl sites for hydroxylation is 1. The average Bonchev–Trinajstić information content (AvgIpc) is 2.77. The van der Waals surface area contributed by atoms with Gasteiger partial charge in [0.25, 0.3) is 0 Å². The number of nitrogens with zero attached hydrogens (tertiary/aromatic N) is 3. The maximum absolute atomic E-state index is 12.2. The lowest BCUT2D eigenvalue weighted by atomic mass is 9.85. The van der Waals surface area contributed by atoms with E-state index in [0.29, 0.717) is 38.4 Å². The SMILES string of the molecule is CCn1ncnc1CC(=O)C1(N)CCOCC1. The smallest absolute Gasteiger partial charge is 0.160 e. The minimum absolute atomic E-state index is 0.0310. The first-order valence-corrected chi connectivity index (χ1v) is 5.92. The molecule has 1 saturated heterocycles. The lowest BCUT2D eigenvalue weighted by Crippen LogP contribution is -2.52. The summed E-state index contributed by atoms with van der Waals surface area (Å²) in [5.74, 6) is 0.720. The number of rotatable bonds is 4. The lowest BCUT2D eigenvalue weighted by molar-refractivity contribution is -0.127. The van der Waals surface area contributed by atoms with E-state index in [-0.39, 0.29) is 12.2 Å². The van der Waals surface area contributed by atoms with Gasteiger partial charge in [0, 0.05) is 19.8 Å². The summed E-state index contributed by atoms with van der Waals surface area (Å²) in [7, 11) is 0. The molecule has 2 rings (SSSR count). The van der Waals surface area contributed by atoms with Gasteiger partial charge in [-0.1, -0.05) is 0 Å². The normalized spacial score (nSPS) is 19.2. The summed E-state index contributed by atoms with van der Waals surface area (Å²) < 4.78 is 6.95. The molecular weight excluding hydrogens is 220 g/mol. The second-order valence-electron chi connectivity index (χ2n) is 4.36. The zero-order valence-electron chi connectivity index (χ0n) is 10.1. The van der Waals surface area contributed by atoms with Crippen LogP contribution in [0.4, 0.5) is 0 Å². The molecule has 0 bridgehead atoms. The quantitative estimate of drug-likeness (QED) is 0.793. The van der Waals surface area contributed by atoms with Crippen molar-refractivity contribution < 1.29 is 9.53 Å². The molecule has 1 aliphatic heterocycles. The van der Waals surface area contributed by atoms with Crippen LogP contribution in [0.3, 0.4) is 0 Å². The van der Waals surface area contributed by atoms with Crippen molar-refractivity contribution in [1.82, 2.24) is 14.8 Å². The van der Waals surface area contributed by atoms with Crippen LogP contribution in [0.2, 0.25) is 0 Å². The maximum Gasteiger partial charge on any atom is 0.160 e. The number of hydrogen-bond acceptors (Lipinski definition) is 5. The highest BCUT2D eigenvalue weighted by Crippen LogP contribution is 2.20. The molecular formula is C11H18N4O2. The van der Waals surface area contributed by atoms with Gasteiger partial charge in [0.15, 0.2) is 5.78 Å². The van der Waals surface area contributed by atoms with Gasteiger partial charge < -0.3 is 10.5 Å². The van der Waals surface area contributed by atoms with Crippen molar-refractivity contribution in [2.75, 3.05) is 13.2 Å². The van der Waals surface area contributed by atoms with Gasteiger partial charge in [0.1, 0.15) is 12.2 Å². The van der Waals surface area contributed by atoms with Gasteiger partial charge in [-0.05, 0) is 19.8 Å². The zero-order chi connectivity index (χ0) is 12.3. The monoisotopic (exact) mass is 238 g/mol. The van der Waals surface area contributed by atoms with Gasteiger partial charge in [-0.25, -0.2) is 9.67 Å². The molecule has 2 heterocycles. The van der Waals surface area contributed by atoms with E-state index in [4.69, 9.17) is 10.5 Å². The fraction of sp³-hybridized carbons (Fsp3) is 0.727. The Morgan fingerprint density at radius 1 is 1.59 bits per heavy atom. The van der Waals surface area contributed by atoms with Crippen molar-refractivity contribution in [2.45, 2.75) is 38.3 Å². The number of ether oxygens (including phenoxy) is 1. The van der Waals surface area contributed by atoms with E-state index in [1.807, 2.05) is 6.92 Å². The Kier molecular flexibility index (Phi) is 3.54. The number of carbonyl (C=O) groups is 1. The number of ketones is 1. The first kappa shape index (κ1) is 12.2. The van der Waals surface area contributed by atoms with Crippen LogP contribution in [0, 0.1) is 0 Å². The summed E-state index contributed by atoms with van der Waals surface area (Å²) in [5.41, 5.74) is 5.38. The molecule has 0 radical (unpaired) electrons. The third-order valence-corrected chi connectivity index (χ3v) is 3.25. The molecule has 0 saturated carbocycles. The van der Waals surface area contributed by atoms with Gasteiger partial charge in [0.2, 0.25) is 0 Å². The highest BCUT2D eigenvalue weighted by atomic mass is 16.5. The Morgan fingerprint density at radius 3 is 2.94 bits per heavy atom. The minimum Gasteiger partial charge on any atom is -0.381 e. The van der Waals surface area contributed by atoms with E-state index >= 15 is 0 Å². The van der Waals surface area contributed by atoms with E-state index < -0.39 is 5.54 Å². The lowest BCUT2D eigenvalue weighted by Gasteiger charge is -2.31. The summed E-state index contributed by atoms with van der Waals surface area (Å²) >= 11 is 0. The van der Waals surface area contributed by atoms with E-state index in [0.717, 1.165) is 0 Å². The molecule has 1 aromatic rings. The van der Waals surface area contributed by atoms with Crippen LogP contribution in [0.5, 0.6) is 0 Å². The predicted molar refractivity (Wildman–Crippen MR) is 61.4 cm³/mol. The van der Waals surface area contributed by atoms with Crippen molar-refractivity contribution in [1.29, 1.82) is 0 Å². The molecule has 0 aromatic carbocycles. The molecule has 94 valence electrons. The molecule has 1 fully saturated rings.